The molecule has 0 heterocycles. The number of hydrogen-bond acceptors (Lipinski definition) is 0. The maximum Gasteiger partial charge on any atom is 0 e. The van der Waals surface area contributed by atoms with Crippen LogP contribution in [0, 0.1) is 6.92 Å². The zero-order chi connectivity index (χ0) is 6.97. The van der Waals surface area contributed by atoms with Crippen LogP contribution in [0.3, 0.4) is 0 Å². The first-order chi connectivity index (χ1) is 4.88. The molecule has 2 rings (SSSR count). The quantitative estimate of drug-likeness (QED) is 0.635. The van der Waals surface area contributed by atoms with E-state index >= 15 is 0 Å². The third kappa shape index (κ3) is 2.03. The molecule has 0 amide bonds. The second kappa shape index (κ2) is 4.89. The average molecular weight is 257 g/mol. The molecule has 0 saturated carbocycles. The third-order valence-electron chi connectivity index (χ3n) is 1.90. The van der Waals surface area contributed by atoms with Gasteiger partial charge in [-0.05, 0) is 0 Å². The third-order valence-corrected chi connectivity index (χ3v) is 1.90. The van der Waals surface area contributed by atoms with Crippen molar-refractivity contribution in [2.75, 3.05) is 0 Å². The maximum absolute atomic E-state index is 2.16. The number of hydrogen-bond donors (Lipinski definition) is 0. The van der Waals surface area contributed by atoms with Gasteiger partial charge in [0.15, 0.2) is 0 Å². The van der Waals surface area contributed by atoms with Crippen molar-refractivity contribution in [1.29, 1.82) is 0 Å². The molecule has 0 nitrogen and oxygen atoms in total. The van der Waals surface area contributed by atoms with Crippen molar-refractivity contribution in [3.63, 3.8) is 0 Å². The summed E-state index contributed by atoms with van der Waals surface area (Å²) in [5.41, 5.74) is 1.37. The fourth-order valence-corrected chi connectivity index (χ4v) is 1.31. The number of aryl methyl sites for hydroxylation is 1. The Bertz CT molecular complexity index is 351. The van der Waals surface area contributed by atoms with Crippen molar-refractivity contribution in [2.24, 2.45) is 0 Å². The molecule has 0 aromatic heterocycles. The van der Waals surface area contributed by atoms with E-state index in [4.69, 9.17) is 0 Å². The molecule has 2 aromatic rings. The zero-order valence-electron chi connectivity index (χ0n) is 6.87. The van der Waals surface area contributed by atoms with E-state index in [2.05, 4.69) is 43.3 Å². The van der Waals surface area contributed by atoms with Gasteiger partial charge in [-0.25, -0.2) is 0 Å². The minimum Gasteiger partial charge on any atom is -0.168 e. The van der Waals surface area contributed by atoms with Crippen LogP contribution < -0.4 is 0 Å². The molecule has 2 aromatic carbocycles. The number of fused-ring (bicyclic) bond motifs is 1. The zero-order valence-corrected chi connectivity index (χ0v) is 10.1. The monoisotopic (exact) mass is 255 g/mol. The molecular weight excluding hydrogens is 247 g/mol. The van der Waals surface area contributed by atoms with E-state index in [9.17, 15) is 0 Å². The summed E-state index contributed by atoms with van der Waals surface area (Å²) < 4.78 is 0. The number of rotatable bonds is 0. The Morgan fingerprint density at radius 1 is 1.08 bits per heavy atom. The first-order valence-corrected chi connectivity index (χ1v) is 3.49. The fourth-order valence-electron chi connectivity index (χ4n) is 1.31. The summed E-state index contributed by atoms with van der Waals surface area (Å²) in [6.45, 7) is 2.14. The van der Waals surface area contributed by atoms with Gasteiger partial charge in [-0.15, -0.1) is 46.9 Å². The van der Waals surface area contributed by atoms with Gasteiger partial charge in [0.25, 0.3) is 0 Å². The van der Waals surface area contributed by atoms with Crippen LogP contribution in [-0.2, 0) is 26.2 Å². The molecule has 12 heavy (non-hydrogen) atoms. The Morgan fingerprint density at radius 3 is 2.42 bits per heavy atom. The fraction of sp³-hybridized carbons (Fsp3) is 0.100. The van der Waals surface area contributed by atoms with E-state index in [1.54, 1.807) is 0 Å². The van der Waals surface area contributed by atoms with Crippen LogP contribution in [0.1, 0.15) is 5.56 Å². The predicted octanol–water partition coefficient (Wildman–Crippen LogP) is 3.29. The van der Waals surface area contributed by atoms with Gasteiger partial charge in [-0.2, -0.15) is 12.1 Å². The summed E-state index contributed by atoms with van der Waals surface area (Å²) in [6, 6.07) is 12.8. The second-order valence-electron chi connectivity index (χ2n) is 2.60. The average Bonchev–Trinajstić information content (AvgIpc) is 2.34. The van der Waals surface area contributed by atoms with Gasteiger partial charge in [0, 0.05) is 26.2 Å². The number of benzene rings is 1. The molecule has 0 fully saturated rings. The maximum atomic E-state index is 2.16. The molecular formula is C10H10ClZr-. The molecule has 0 radical (unpaired) electrons. The van der Waals surface area contributed by atoms with Crippen LogP contribution in [-0.4, -0.2) is 0 Å². The van der Waals surface area contributed by atoms with Gasteiger partial charge in [0.05, 0.1) is 0 Å². The van der Waals surface area contributed by atoms with E-state index in [1.165, 1.54) is 16.3 Å². The molecule has 0 atom stereocenters. The summed E-state index contributed by atoms with van der Waals surface area (Å²) in [5.74, 6) is 0. The Balaban J connectivity index is 0.000000605. The molecule has 0 aliphatic rings. The van der Waals surface area contributed by atoms with E-state index in [-0.39, 0.29) is 38.6 Å². The Labute approximate surface area is 97.9 Å². The predicted molar refractivity (Wildman–Crippen MR) is 51.5 cm³/mol. The first-order valence-electron chi connectivity index (χ1n) is 3.49. The van der Waals surface area contributed by atoms with Crippen molar-refractivity contribution in [3.05, 3.63) is 42.0 Å². The van der Waals surface area contributed by atoms with E-state index in [0.717, 1.165) is 0 Å². The molecule has 0 aliphatic heterocycles. The van der Waals surface area contributed by atoms with Crippen LogP contribution in [0.25, 0.3) is 10.8 Å². The van der Waals surface area contributed by atoms with Gasteiger partial charge < -0.3 is 0 Å². The van der Waals surface area contributed by atoms with Gasteiger partial charge in [0.2, 0.25) is 0 Å². The first kappa shape index (κ1) is 12.0. The van der Waals surface area contributed by atoms with Crippen molar-refractivity contribution in [2.45, 2.75) is 6.92 Å². The van der Waals surface area contributed by atoms with Crippen molar-refractivity contribution in [1.82, 2.24) is 0 Å². The Kier molecular flexibility index (Phi) is 4.89. The van der Waals surface area contributed by atoms with Crippen LogP contribution in [0.4, 0.5) is 0 Å². The van der Waals surface area contributed by atoms with Crippen molar-refractivity contribution in [3.8, 4) is 0 Å². The number of halogens is 1. The minimum absolute atomic E-state index is 0. The van der Waals surface area contributed by atoms with Crippen molar-refractivity contribution < 1.29 is 26.2 Å². The van der Waals surface area contributed by atoms with Crippen LogP contribution >= 0.6 is 12.4 Å². The Morgan fingerprint density at radius 2 is 1.75 bits per heavy atom. The standard InChI is InChI=1S/C10H9.ClH.Zr/c1-8-6-7-9-4-2-3-5-10(8)9;;/h2-7H,1H3;1H;/q-1;;. The van der Waals surface area contributed by atoms with Crippen LogP contribution in [0.15, 0.2) is 36.4 Å². The molecule has 2 heteroatoms. The molecule has 0 spiro atoms. The van der Waals surface area contributed by atoms with Gasteiger partial charge in [-0.3, -0.25) is 0 Å². The largest absolute Gasteiger partial charge is 0.168 e. The van der Waals surface area contributed by atoms with E-state index in [1.807, 2.05) is 0 Å². The molecule has 0 bridgehead atoms. The minimum atomic E-state index is 0. The molecule has 0 aliphatic carbocycles. The summed E-state index contributed by atoms with van der Waals surface area (Å²) in [4.78, 5) is 0. The van der Waals surface area contributed by atoms with Crippen LogP contribution in [0.2, 0.25) is 0 Å². The van der Waals surface area contributed by atoms with Gasteiger partial charge >= 0.3 is 0 Å². The topological polar surface area (TPSA) is 0 Å². The summed E-state index contributed by atoms with van der Waals surface area (Å²) in [7, 11) is 0. The summed E-state index contributed by atoms with van der Waals surface area (Å²) in [5, 5.41) is 2.72. The SMILES string of the molecule is C[c-]1ccc2ccccc21.Cl.[Zr]. The molecule has 0 N–H and O–H groups in total. The van der Waals surface area contributed by atoms with Gasteiger partial charge in [-0.1, -0.05) is 13.0 Å². The van der Waals surface area contributed by atoms with Gasteiger partial charge in [0.1, 0.15) is 0 Å². The molecule has 0 unspecified atom stereocenters. The molecule has 0 saturated heterocycles. The smallest absolute Gasteiger partial charge is 0 e. The summed E-state index contributed by atoms with van der Waals surface area (Å²) in [6.07, 6.45) is 0. The Hall–Kier alpha value is 0.00312. The normalized spacial score (nSPS) is 8.75. The van der Waals surface area contributed by atoms with Crippen molar-refractivity contribution >= 4 is 23.2 Å². The van der Waals surface area contributed by atoms with E-state index < -0.39 is 0 Å². The molecule has 62 valence electrons. The summed E-state index contributed by atoms with van der Waals surface area (Å²) >= 11 is 0. The van der Waals surface area contributed by atoms with E-state index in [0.29, 0.717) is 0 Å². The second-order valence-corrected chi connectivity index (χ2v) is 2.60. The van der Waals surface area contributed by atoms with Crippen LogP contribution in [0.5, 0.6) is 0 Å².